The molecule has 2 aliphatic rings. The molecule has 1 aliphatic heterocycles. The summed E-state index contributed by atoms with van der Waals surface area (Å²) >= 11 is 0. The van der Waals surface area contributed by atoms with Gasteiger partial charge in [0.1, 0.15) is 5.76 Å². The molecule has 84 valence electrons. The summed E-state index contributed by atoms with van der Waals surface area (Å²) in [4.78, 5) is 0. The molecule has 1 aromatic rings. The lowest BCUT2D eigenvalue weighted by atomic mass is 9.86. The van der Waals surface area contributed by atoms with E-state index in [2.05, 4.69) is 23.5 Å². The summed E-state index contributed by atoms with van der Waals surface area (Å²) in [5, 5.41) is 3.51. The average molecular weight is 215 g/mol. The maximum atomic E-state index is 5.58. The Balaban J connectivity index is 1.99. The third-order valence-electron chi connectivity index (χ3n) is 3.54. The number of allylic oxidation sites excluding steroid dienone is 2. The largest absolute Gasteiger partial charge is 0.469 e. The molecule has 2 heterocycles. The maximum absolute atomic E-state index is 5.58. The molecular weight excluding hydrogens is 198 g/mol. The quantitative estimate of drug-likeness (QED) is 0.779. The van der Waals surface area contributed by atoms with Crippen molar-refractivity contribution in [2.75, 3.05) is 13.1 Å². The van der Waals surface area contributed by atoms with E-state index in [4.69, 9.17) is 4.42 Å². The van der Waals surface area contributed by atoms with Crippen molar-refractivity contribution < 1.29 is 4.42 Å². The van der Waals surface area contributed by atoms with Crippen molar-refractivity contribution in [3.63, 3.8) is 0 Å². The summed E-state index contributed by atoms with van der Waals surface area (Å²) in [6.07, 6.45) is 9.90. The van der Waals surface area contributed by atoms with E-state index in [9.17, 15) is 0 Å². The van der Waals surface area contributed by atoms with Crippen LogP contribution in [-0.4, -0.2) is 13.1 Å². The fourth-order valence-corrected chi connectivity index (χ4v) is 2.73. The van der Waals surface area contributed by atoms with Gasteiger partial charge in [-0.05, 0) is 43.5 Å². The van der Waals surface area contributed by atoms with Crippen molar-refractivity contribution in [1.82, 2.24) is 5.32 Å². The highest BCUT2D eigenvalue weighted by atomic mass is 16.3. The van der Waals surface area contributed by atoms with Gasteiger partial charge in [-0.25, -0.2) is 0 Å². The maximum Gasteiger partial charge on any atom is 0.112 e. The van der Waals surface area contributed by atoms with Crippen molar-refractivity contribution in [1.29, 1.82) is 0 Å². The second kappa shape index (κ2) is 4.30. The van der Waals surface area contributed by atoms with Crippen LogP contribution >= 0.6 is 0 Å². The van der Waals surface area contributed by atoms with Gasteiger partial charge in [-0.3, -0.25) is 0 Å². The summed E-state index contributed by atoms with van der Waals surface area (Å²) in [5.41, 5.74) is 3.11. The molecular formula is C14H17NO. The lowest BCUT2D eigenvalue weighted by Crippen LogP contribution is -2.20. The Labute approximate surface area is 96.0 Å². The van der Waals surface area contributed by atoms with Crippen LogP contribution in [0.4, 0.5) is 0 Å². The molecule has 1 atom stereocenters. The van der Waals surface area contributed by atoms with Crippen LogP contribution in [0.3, 0.4) is 0 Å². The molecule has 0 spiro atoms. The summed E-state index contributed by atoms with van der Waals surface area (Å²) in [7, 11) is 0. The Hall–Kier alpha value is -1.28. The summed E-state index contributed by atoms with van der Waals surface area (Å²) in [6, 6.07) is 4.08. The minimum absolute atomic E-state index is 0.442. The second-order valence-electron chi connectivity index (χ2n) is 4.51. The molecule has 2 nitrogen and oxygen atoms in total. The third kappa shape index (κ3) is 1.74. The fourth-order valence-electron chi connectivity index (χ4n) is 2.73. The molecule has 1 N–H and O–H groups in total. The third-order valence-corrected chi connectivity index (χ3v) is 3.54. The molecule has 1 aliphatic carbocycles. The number of nitrogens with one attached hydrogen (secondary N) is 1. The van der Waals surface area contributed by atoms with E-state index in [0.29, 0.717) is 5.92 Å². The first-order chi connectivity index (χ1) is 7.95. The van der Waals surface area contributed by atoms with Crippen molar-refractivity contribution in [2.45, 2.75) is 25.2 Å². The van der Waals surface area contributed by atoms with Gasteiger partial charge in [-0.2, -0.15) is 0 Å². The first-order valence-corrected chi connectivity index (χ1v) is 6.08. The van der Waals surface area contributed by atoms with Gasteiger partial charge < -0.3 is 9.73 Å². The fraction of sp³-hybridized carbons (Fsp3) is 0.429. The van der Waals surface area contributed by atoms with Crippen LogP contribution in [0.2, 0.25) is 0 Å². The highest BCUT2D eigenvalue weighted by Gasteiger charge is 2.24. The molecule has 1 unspecified atom stereocenters. The van der Waals surface area contributed by atoms with E-state index in [-0.39, 0.29) is 0 Å². The standard InChI is InChI=1S/C14H17NO/c1-2-5-12-11(4-1)7-8-15-10-13(12)14-6-3-9-16-14/h1,3-4,6,9,13,15H,2,5,7-8,10H2. The van der Waals surface area contributed by atoms with Gasteiger partial charge in [0, 0.05) is 6.54 Å². The zero-order valence-corrected chi connectivity index (χ0v) is 9.41. The first kappa shape index (κ1) is 9.91. The zero-order valence-electron chi connectivity index (χ0n) is 9.41. The topological polar surface area (TPSA) is 25.2 Å². The Kier molecular flexibility index (Phi) is 2.66. The zero-order chi connectivity index (χ0) is 10.8. The predicted molar refractivity (Wildman–Crippen MR) is 64.3 cm³/mol. The smallest absolute Gasteiger partial charge is 0.112 e. The lowest BCUT2D eigenvalue weighted by molar-refractivity contribution is 0.468. The van der Waals surface area contributed by atoms with Gasteiger partial charge in [0.05, 0.1) is 12.2 Å². The minimum Gasteiger partial charge on any atom is -0.469 e. The number of hydrogen-bond acceptors (Lipinski definition) is 2. The Bertz CT molecular complexity index is 414. The number of furan rings is 1. The van der Waals surface area contributed by atoms with Crippen LogP contribution in [0.15, 0.2) is 46.1 Å². The van der Waals surface area contributed by atoms with Gasteiger partial charge in [0.15, 0.2) is 0 Å². The van der Waals surface area contributed by atoms with Crippen molar-refractivity contribution in [2.24, 2.45) is 0 Å². The van der Waals surface area contributed by atoms with Crippen molar-refractivity contribution in [3.8, 4) is 0 Å². The molecule has 0 fully saturated rings. The predicted octanol–water partition coefficient (Wildman–Crippen LogP) is 3.00. The minimum atomic E-state index is 0.442. The molecule has 16 heavy (non-hydrogen) atoms. The van der Waals surface area contributed by atoms with E-state index in [0.717, 1.165) is 25.3 Å². The van der Waals surface area contributed by atoms with Crippen LogP contribution in [-0.2, 0) is 0 Å². The van der Waals surface area contributed by atoms with Crippen LogP contribution < -0.4 is 5.32 Å². The molecule has 3 rings (SSSR count). The van der Waals surface area contributed by atoms with Gasteiger partial charge in [-0.1, -0.05) is 17.7 Å². The molecule has 2 heteroatoms. The Morgan fingerprint density at radius 2 is 2.31 bits per heavy atom. The number of hydrogen-bond donors (Lipinski definition) is 1. The monoisotopic (exact) mass is 215 g/mol. The molecule has 0 radical (unpaired) electrons. The van der Waals surface area contributed by atoms with E-state index < -0.39 is 0 Å². The van der Waals surface area contributed by atoms with Crippen LogP contribution in [0.25, 0.3) is 0 Å². The normalized spacial score (nSPS) is 25.4. The molecule has 0 saturated carbocycles. The summed E-state index contributed by atoms with van der Waals surface area (Å²) in [6.45, 7) is 2.10. The lowest BCUT2D eigenvalue weighted by Gasteiger charge is -2.20. The van der Waals surface area contributed by atoms with E-state index >= 15 is 0 Å². The molecule has 0 saturated heterocycles. The van der Waals surface area contributed by atoms with Crippen molar-refractivity contribution >= 4 is 0 Å². The van der Waals surface area contributed by atoms with E-state index in [1.54, 1.807) is 11.8 Å². The van der Waals surface area contributed by atoms with Crippen LogP contribution in [0, 0.1) is 0 Å². The number of rotatable bonds is 1. The highest BCUT2D eigenvalue weighted by molar-refractivity contribution is 5.37. The van der Waals surface area contributed by atoms with Crippen molar-refractivity contribution in [3.05, 3.63) is 47.5 Å². The van der Waals surface area contributed by atoms with Gasteiger partial charge in [0.2, 0.25) is 0 Å². The Morgan fingerprint density at radius 3 is 3.19 bits per heavy atom. The van der Waals surface area contributed by atoms with Gasteiger partial charge >= 0.3 is 0 Å². The molecule has 0 bridgehead atoms. The van der Waals surface area contributed by atoms with Gasteiger partial charge in [0.25, 0.3) is 0 Å². The summed E-state index contributed by atoms with van der Waals surface area (Å²) in [5.74, 6) is 1.55. The van der Waals surface area contributed by atoms with Crippen LogP contribution in [0.5, 0.6) is 0 Å². The average Bonchev–Trinajstić information content (AvgIpc) is 2.76. The molecule has 0 aromatic carbocycles. The summed E-state index contributed by atoms with van der Waals surface area (Å²) < 4.78 is 5.58. The SMILES string of the molecule is C1=CC2=C(CC1)C(c1ccco1)CNCC2. The van der Waals surface area contributed by atoms with Gasteiger partial charge in [-0.15, -0.1) is 0 Å². The molecule has 0 amide bonds. The second-order valence-corrected chi connectivity index (χ2v) is 4.51. The van der Waals surface area contributed by atoms with Crippen LogP contribution in [0.1, 0.15) is 30.9 Å². The Morgan fingerprint density at radius 1 is 1.31 bits per heavy atom. The first-order valence-electron chi connectivity index (χ1n) is 6.08. The van der Waals surface area contributed by atoms with E-state index in [1.165, 1.54) is 18.4 Å². The van der Waals surface area contributed by atoms with E-state index in [1.807, 2.05) is 6.07 Å². The molecule has 1 aromatic heterocycles. The highest BCUT2D eigenvalue weighted by Crippen LogP contribution is 2.35.